The maximum absolute atomic E-state index is 7.72. The Hall–Kier alpha value is -0.990. The van der Waals surface area contributed by atoms with Gasteiger partial charge in [0.15, 0.2) is 5.96 Å². The molecule has 3 nitrogen and oxygen atoms in total. The second-order valence-corrected chi connectivity index (χ2v) is 3.07. The molecular formula is C9H19N3. The molecule has 0 aromatic heterocycles. The number of hydrogen-bond acceptors (Lipinski definition) is 1. The van der Waals surface area contributed by atoms with Gasteiger partial charge in [-0.05, 0) is 19.5 Å². The maximum Gasteiger partial charge on any atom is 0.197 e. The minimum absolute atomic E-state index is 0.345. The highest BCUT2D eigenvalue weighted by atomic mass is 15.3. The summed E-state index contributed by atoms with van der Waals surface area (Å²) in [5, 5.41) is 7.72. The summed E-state index contributed by atoms with van der Waals surface area (Å²) < 4.78 is 0. The lowest BCUT2D eigenvalue weighted by Crippen LogP contribution is -2.41. The Labute approximate surface area is 75.2 Å². The Kier molecular flexibility index (Phi) is 4.40. The lowest BCUT2D eigenvalue weighted by atomic mass is 10.2. The highest BCUT2D eigenvalue weighted by Gasteiger charge is 2.13. The van der Waals surface area contributed by atoms with Gasteiger partial charge in [-0.15, -0.1) is 0 Å². The highest BCUT2D eigenvalue weighted by Crippen LogP contribution is 2.05. The summed E-state index contributed by atoms with van der Waals surface area (Å²) in [5.74, 6) is 0.486. The molecule has 1 N–H and O–H groups in total. The van der Waals surface area contributed by atoms with Crippen LogP contribution in [0.4, 0.5) is 0 Å². The third kappa shape index (κ3) is 2.57. The van der Waals surface area contributed by atoms with E-state index in [2.05, 4.69) is 20.4 Å². The Morgan fingerprint density at radius 1 is 1.58 bits per heavy atom. The molecule has 0 aliphatic rings. The molecule has 0 saturated heterocycles. The van der Waals surface area contributed by atoms with Gasteiger partial charge in [0.1, 0.15) is 0 Å². The van der Waals surface area contributed by atoms with Crippen molar-refractivity contribution >= 4 is 5.96 Å². The molecule has 0 spiro atoms. The predicted octanol–water partition coefficient (Wildman–Crippen LogP) is 1.73. The van der Waals surface area contributed by atoms with Gasteiger partial charge >= 0.3 is 0 Å². The quantitative estimate of drug-likeness (QED) is 0.515. The average molecular weight is 169 g/mol. The van der Waals surface area contributed by atoms with Gasteiger partial charge in [-0.2, -0.15) is 0 Å². The number of guanidine groups is 1. The van der Waals surface area contributed by atoms with E-state index in [0.717, 1.165) is 6.42 Å². The van der Waals surface area contributed by atoms with Crippen molar-refractivity contribution in [3.8, 4) is 0 Å². The standard InChI is InChI=1S/C9H19N3/c1-6-8(3)12(7-2)9(10)11(4)5/h7-8,10H,2,6H2,1,3-5H3. The van der Waals surface area contributed by atoms with Crippen LogP contribution in [0.3, 0.4) is 0 Å². The van der Waals surface area contributed by atoms with Crippen LogP contribution in [0.15, 0.2) is 12.8 Å². The minimum atomic E-state index is 0.345. The smallest absolute Gasteiger partial charge is 0.197 e. The van der Waals surface area contributed by atoms with Gasteiger partial charge in [-0.3, -0.25) is 5.41 Å². The van der Waals surface area contributed by atoms with Gasteiger partial charge in [0.25, 0.3) is 0 Å². The Morgan fingerprint density at radius 2 is 2.08 bits per heavy atom. The maximum atomic E-state index is 7.72. The molecule has 0 radical (unpaired) electrons. The summed E-state index contributed by atoms with van der Waals surface area (Å²) in [4.78, 5) is 3.63. The Bertz CT molecular complexity index is 163. The Balaban J connectivity index is 4.34. The van der Waals surface area contributed by atoms with E-state index in [-0.39, 0.29) is 0 Å². The first-order valence-electron chi connectivity index (χ1n) is 4.21. The van der Waals surface area contributed by atoms with Gasteiger partial charge in [-0.25, -0.2) is 0 Å². The second-order valence-electron chi connectivity index (χ2n) is 3.07. The van der Waals surface area contributed by atoms with Crippen molar-refractivity contribution in [3.05, 3.63) is 12.8 Å². The molecule has 0 aromatic rings. The van der Waals surface area contributed by atoms with Gasteiger partial charge in [-0.1, -0.05) is 13.5 Å². The summed E-state index contributed by atoms with van der Waals surface area (Å²) in [6, 6.07) is 0.345. The second kappa shape index (κ2) is 4.80. The zero-order valence-corrected chi connectivity index (χ0v) is 8.46. The van der Waals surface area contributed by atoms with Crippen LogP contribution in [0, 0.1) is 5.41 Å². The lowest BCUT2D eigenvalue weighted by molar-refractivity contribution is 0.367. The summed E-state index contributed by atoms with van der Waals surface area (Å²) in [5.41, 5.74) is 0. The van der Waals surface area contributed by atoms with Crippen LogP contribution in [0.25, 0.3) is 0 Å². The topological polar surface area (TPSA) is 30.3 Å². The summed E-state index contributed by atoms with van der Waals surface area (Å²) in [6.45, 7) is 7.88. The van der Waals surface area contributed by atoms with E-state index in [1.54, 1.807) is 11.1 Å². The third-order valence-corrected chi connectivity index (χ3v) is 1.93. The molecule has 1 unspecified atom stereocenters. The molecule has 0 aliphatic carbocycles. The van der Waals surface area contributed by atoms with Gasteiger partial charge in [0, 0.05) is 20.1 Å². The average Bonchev–Trinajstić information content (AvgIpc) is 2.05. The van der Waals surface area contributed by atoms with Gasteiger partial charge < -0.3 is 9.80 Å². The third-order valence-electron chi connectivity index (χ3n) is 1.93. The van der Waals surface area contributed by atoms with Crippen LogP contribution in [-0.4, -0.2) is 35.9 Å². The van der Waals surface area contributed by atoms with E-state index in [1.165, 1.54) is 0 Å². The van der Waals surface area contributed by atoms with E-state index in [9.17, 15) is 0 Å². The van der Waals surface area contributed by atoms with E-state index < -0.39 is 0 Å². The summed E-state index contributed by atoms with van der Waals surface area (Å²) in [6.07, 6.45) is 2.72. The number of rotatable bonds is 3. The van der Waals surface area contributed by atoms with Crippen molar-refractivity contribution in [1.82, 2.24) is 9.80 Å². The fourth-order valence-corrected chi connectivity index (χ4v) is 0.903. The normalized spacial score (nSPS) is 12.0. The largest absolute Gasteiger partial charge is 0.349 e. The van der Waals surface area contributed by atoms with Crippen LogP contribution in [0.1, 0.15) is 20.3 Å². The van der Waals surface area contributed by atoms with Crippen molar-refractivity contribution in [2.24, 2.45) is 0 Å². The molecule has 0 amide bonds. The van der Waals surface area contributed by atoms with Gasteiger partial charge in [0.2, 0.25) is 0 Å². The van der Waals surface area contributed by atoms with Crippen LogP contribution in [0.5, 0.6) is 0 Å². The van der Waals surface area contributed by atoms with Crippen molar-refractivity contribution in [2.75, 3.05) is 14.1 Å². The minimum Gasteiger partial charge on any atom is -0.349 e. The molecule has 0 heterocycles. The van der Waals surface area contributed by atoms with Crippen LogP contribution < -0.4 is 0 Å². The first-order chi connectivity index (χ1) is 5.54. The number of hydrogen-bond donors (Lipinski definition) is 1. The van der Waals surface area contributed by atoms with Crippen LogP contribution in [0.2, 0.25) is 0 Å². The van der Waals surface area contributed by atoms with E-state index in [0.29, 0.717) is 12.0 Å². The Morgan fingerprint density at radius 3 is 2.33 bits per heavy atom. The zero-order chi connectivity index (χ0) is 9.72. The number of nitrogens with one attached hydrogen (secondary N) is 1. The molecular weight excluding hydrogens is 150 g/mol. The molecule has 12 heavy (non-hydrogen) atoms. The first-order valence-corrected chi connectivity index (χ1v) is 4.21. The van der Waals surface area contributed by atoms with E-state index >= 15 is 0 Å². The molecule has 1 atom stereocenters. The molecule has 0 rings (SSSR count). The SMILES string of the molecule is C=CN(C(=N)N(C)C)C(C)CC. The predicted molar refractivity (Wildman–Crippen MR) is 53.2 cm³/mol. The molecule has 0 aliphatic heterocycles. The summed E-state index contributed by atoms with van der Waals surface area (Å²) >= 11 is 0. The zero-order valence-electron chi connectivity index (χ0n) is 8.46. The first kappa shape index (κ1) is 11.0. The molecule has 0 bridgehead atoms. The molecule has 0 fully saturated rings. The van der Waals surface area contributed by atoms with Crippen LogP contribution in [-0.2, 0) is 0 Å². The summed E-state index contributed by atoms with van der Waals surface area (Å²) in [7, 11) is 3.72. The fraction of sp³-hybridized carbons (Fsp3) is 0.667. The van der Waals surface area contributed by atoms with Crippen molar-refractivity contribution in [3.63, 3.8) is 0 Å². The van der Waals surface area contributed by atoms with Crippen molar-refractivity contribution in [2.45, 2.75) is 26.3 Å². The van der Waals surface area contributed by atoms with E-state index in [4.69, 9.17) is 5.41 Å². The van der Waals surface area contributed by atoms with Gasteiger partial charge in [0.05, 0.1) is 0 Å². The van der Waals surface area contributed by atoms with Crippen molar-refractivity contribution in [1.29, 1.82) is 5.41 Å². The molecule has 0 saturated carbocycles. The lowest BCUT2D eigenvalue weighted by Gasteiger charge is -2.30. The number of nitrogens with zero attached hydrogens (tertiary/aromatic N) is 2. The molecule has 0 aromatic carbocycles. The highest BCUT2D eigenvalue weighted by molar-refractivity contribution is 5.77. The van der Waals surface area contributed by atoms with Crippen LogP contribution >= 0.6 is 0 Å². The van der Waals surface area contributed by atoms with E-state index in [1.807, 2.05) is 19.0 Å². The van der Waals surface area contributed by atoms with Crippen molar-refractivity contribution < 1.29 is 0 Å². The molecule has 70 valence electrons. The molecule has 3 heteroatoms. The fourth-order valence-electron chi connectivity index (χ4n) is 0.903. The monoisotopic (exact) mass is 169 g/mol.